The lowest BCUT2D eigenvalue weighted by molar-refractivity contribution is -0.143. The van der Waals surface area contributed by atoms with E-state index in [0.717, 1.165) is 36.1 Å². The number of para-hydroxylation sites is 1. The summed E-state index contributed by atoms with van der Waals surface area (Å²) in [6.45, 7) is 8.84. The second kappa shape index (κ2) is 11.3. The minimum absolute atomic E-state index is 0.112. The number of hydrogen-bond donors (Lipinski definition) is 2. The smallest absolute Gasteiger partial charge is 0.408 e. The Morgan fingerprint density at radius 2 is 1.69 bits per heavy atom. The number of rotatable bonds is 7. The summed E-state index contributed by atoms with van der Waals surface area (Å²) in [7, 11) is 0. The van der Waals surface area contributed by atoms with E-state index in [4.69, 9.17) is 11.2 Å². The Balaban J connectivity index is 1.94. The summed E-state index contributed by atoms with van der Waals surface area (Å²) in [6.07, 6.45) is 7.38. The molecular weight excluding hydrogens is 454 g/mol. The molecule has 1 unspecified atom stereocenters. The summed E-state index contributed by atoms with van der Waals surface area (Å²) in [6, 6.07) is 11.9. The number of benzene rings is 2. The molecule has 0 aliphatic heterocycles. The monoisotopic (exact) mass is 489 g/mol. The van der Waals surface area contributed by atoms with Crippen molar-refractivity contribution in [3.05, 3.63) is 64.7 Å². The van der Waals surface area contributed by atoms with E-state index >= 15 is 0 Å². The Morgan fingerprint density at radius 1 is 1.08 bits per heavy atom. The molecule has 1 atom stereocenters. The first-order valence-corrected chi connectivity index (χ1v) is 12.2. The molecular formula is C29H35N3O4. The average Bonchev–Trinajstić information content (AvgIpc) is 2.77. The predicted octanol–water partition coefficient (Wildman–Crippen LogP) is 4.87. The summed E-state index contributed by atoms with van der Waals surface area (Å²) < 4.78 is 5.27. The molecule has 2 aromatic carbocycles. The van der Waals surface area contributed by atoms with Crippen LogP contribution in [0.1, 0.15) is 68.3 Å². The summed E-state index contributed by atoms with van der Waals surface area (Å²) in [5.74, 6) is 1.91. The number of nitrogens with one attached hydrogen (secondary N) is 2. The molecule has 1 fully saturated rings. The zero-order valence-electron chi connectivity index (χ0n) is 21.7. The second-order valence-corrected chi connectivity index (χ2v) is 10.2. The molecule has 1 aliphatic carbocycles. The Morgan fingerprint density at radius 3 is 2.19 bits per heavy atom. The van der Waals surface area contributed by atoms with Crippen LogP contribution in [0.5, 0.6) is 0 Å². The zero-order chi connectivity index (χ0) is 26.5. The molecule has 7 heteroatoms. The van der Waals surface area contributed by atoms with Crippen molar-refractivity contribution in [2.24, 2.45) is 0 Å². The molecule has 7 nitrogen and oxygen atoms in total. The predicted molar refractivity (Wildman–Crippen MR) is 140 cm³/mol. The van der Waals surface area contributed by atoms with E-state index in [1.807, 2.05) is 32.0 Å². The fourth-order valence-electron chi connectivity index (χ4n) is 4.18. The van der Waals surface area contributed by atoms with Crippen LogP contribution < -0.4 is 10.6 Å². The Labute approximate surface area is 213 Å². The van der Waals surface area contributed by atoms with Gasteiger partial charge in [0.05, 0.1) is 0 Å². The number of ether oxygens (including phenoxy) is 1. The van der Waals surface area contributed by atoms with Gasteiger partial charge in [0, 0.05) is 17.3 Å². The van der Waals surface area contributed by atoms with Crippen molar-refractivity contribution in [2.45, 2.75) is 71.6 Å². The van der Waals surface area contributed by atoms with Gasteiger partial charge in [0.15, 0.2) is 0 Å². The van der Waals surface area contributed by atoms with E-state index in [0.29, 0.717) is 11.1 Å². The van der Waals surface area contributed by atoms with Crippen molar-refractivity contribution in [2.75, 3.05) is 11.9 Å². The van der Waals surface area contributed by atoms with E-state index < -0.39 is 17.7 Å². The number of anilines is 1. The fraction of sp³-hybridized carbons (Fsp3) is 0.414. The summed E-state index contributed by atoms with van der Waals surface area (Å²) in [5, 5.41) is 5.60. The average molecular weight is 490 g/mol. The SMILES string of the molecule is C#Cc1ccc(C(C(=O)Nc2c(C)cccc2C)N(C(=O)CNC(=O)OC(C)(C)C)C2CCC2)cc1. The molecule has 3 rings (SSSR count). The van der Waals surface area contributed by atoms with E-state index in [9.17, 15) is 14.4 Å². The number of terminal acetylenes is 1. The van der Waals surface area contributed by atoms with Gasteiger partial charge in [0.25, 0.3) is 5.91 Å². The van der Waals surface area contributed by atoms with Crippen molar-refractivity contribution in [3.8, 4) is 12.3 Å². The molecule has 0 spiro atoms. The maximum Gasteiger partial charge on any atom is 0.408 e. The van der Waals surface area contributed by atoms with Gasteiger partial charge in [-0.2, -0.15) is 0 Å². The normalized spacial score (nSPS) is 14.1. The van der Waals surface area contributed by atoms with Gasteiger partial charge in [-0.1, -0.05) is 36.3 Å². The highest BCUT2D eigenvalue weighted by Gasteiger charge is 2.39. The minimum atomic E-state index is -0.894. The molecule has 2 N–H and O–H groups in total. The van der Waals surface area contributed by atoms with E-state index in [-0.39, 0.29) is 24.4 Å². The number of alkyl carbamates (subject to hydrolysis) is 1. The zero-order valence-corrected chi connectivity index (χ0v) is 21.7. The number of hydrogen-bond acceptors (Lipinski definition) is 4. The number of amides is 3. The van der Waals surface area contributed by atoms with Crippen LogP contribution in [-0.2, 0) is 14.3 Å². The van der Waals surface area contributed by atoms with Gasteiger partial charge in [-0.25, -0.2) is 4.79 Å². The third kappa shape index (κ3) is 6.66. The molecule has 3 amide bonds. The lowest BCUT2D eigenvalue weighted by atomic mass is 9.88. The van der Waals surface area contributed by atoms with E-state index in [2.05, 4.69) is 16.6 Å². The van der Waals surface area contributed by atoms with Gasteiger partial charge in [0.2, 0.25) is 5.91 Å². The molecule has 190 valence electrons. The summed E-state index contributed by atoms with van der Waals surface area (Å²) >= 11 is 0. The second-order valence-electron chi connectivity index (χ2n) is 10.2. The van der Waals surface area contributed by atoms with Gasteiger partial charge in [0.1, 0.15) is 18.2 Å². The number of carbonyl (C=O) groups is 3. The molecule has 0 aromatic heterocycles. The van der Waals surface area contributed by atoms with Gasteiger partial charge in [-0.05, 0) is 82.7 Å². The summed E-state index contributed by atoms with van der Waals surface area (Å²) in [5.41, 5.74) is 3.22. The fourth-order valence-corrected chi connectivity index (χ4v) is 4.18. The van der Waals surface area contributed by atoms with Crippen LogP contribution in [0.15, 0.2) is 42.5 Å². The van der Waals surface area contributed by atoms with Crippen LogP contribution in [0.3, 0.4) is 0 Å². The van der Waals surface area contributed by atoms with Gasteiger partial charge in [-0.15, -0.1) is 6.42 Å². The van der Waals surface area contributed by atoms with Crippen molar-refractivity contribution >= 4 is 23.6 Å². The largest absolute Gasteiger partial charge is 0.444 e. The third-order valence-electron chi connectivity index (χ3n) is 6.19. The van der Waals surface area contributed by atoms with Gasteiger partial charge in [-0.3, -0.25) is 9.59 Å². The van der Waals surface area contributed by atoms with Crippen molar-refractivity contribution in [1.29, 1.82) is 0 Å². The lowest BCUT2D eigenvalue weighted by Gasteiger charge is -2.42. The molecule has 1 saturated carbocycles. The minimum Gasteiger partial charge on any atom is -0.444 e. The molecule has 0 saturated heterocycles. The van der Waals surface area contributed by atoms with Crippen LogP contribution >= 0.6 is 0 Å². The topological polar surface area (TPSA) is 87.7 Å². The van der Waals surface area contributed by atoms with Gasteiger partial charge >= 0.3 is 6.09 Å². The summed E-state index contributed by atoms with van der Waals surface area (Å²) in [4.78, 5) is 41.2. The van der Waals surface area contributed by atoms with Crippen LogP contribution in [0, 0.1) is 26.2 Å². The van der Waals surface area contributed by atoms with Crippen LogP contribution in [0.4, 0.5) is 10.5 Å². The highest BCUT2D eigenvalue weighted by Crippen LogP contribution is 2.34. The number of carbonyl (C=O) groups excluding carboxylic acids is 3. The van der Waals surface area contributed by atoms with Gasteiger partial charge < -0.3 is 20.3 Å². The van der Waals surface area contributed by atoms with Crippen molar-refractivity contribution in [3.63, 3.8) is 0 Å². The third-order valence-corrected chi connectivity index (χ3v) is 6.19. The maximum atomic E-state index is 13.8. The van der Waals surface area contributed by atoms with E-state index in [1.165, 1.54) is 0 Å². The molecule has 2 aromatic rings. The quantitative estimate of drug-likeness (QED) is 0.543. The highest BCUT2D eigenvalue weighted by molar-refractivity contribution is 5.99. The molecule has 36 heavy (non-hydrogen) atoms. The number of aryl methyl sites for hydroxylation is 2. The lowest BCUT2D eigenvalue weighted by Crippen LogP contribution is -2.53. The maximum absolute atomic E-state index is 13.8. The standard InChI is InChI=1S/C29H35N3O4/c1-7-21-14-16-22(17-15-21)26(27(34)31-25-19(2)10-8-11-20(25)3)32(23-12-9-13-23)24(33)18-30-28(35)36-29(4,5)6/h1,8,10-11,14-17,23,26H,9,12-13,18H2,2-6H3,(H,30,35)(H,31,34). The Kier molecular flexibility index (Phi) is 8.41. The Hall–Kier alpha value is -3.79. The van der Waals surface area contributed by atoms with Crippen LogP contribution in [-0.4, -0.2) is 41.0 Å². The highest BCUT2D eigenvalue weighted by atomic mass is 16.6. The van der Waals surface area contributed by atoms with Crippen LogP contribution in [0.25, 0.3) is 0 Å². The van der Waals surface area contributed by atoms with Crippen LogP contribution in [0.2, 0.25) is 0 Å². The van der Waals surface area contributed by atoms with Crippen molar-refractivity contribution in [1.82, 2.24) is 10.2 Å². The van der Waals surface area contributed by atoms with E-state index in [1.54, 1.807) is 49.9 Å². The first-order chi connectivity index (χ1) is 17.0. The molecule has 1 aliphatic rings. The Bertz CT molecular complexity index is 1130. The first kappa shape index (κ1) is 26.8. The molecule has 0 heterocycles. The molecule has 0 radical (unpaired) electrons. The molecule has 0 bridgehead atoms. The van der Waals surface area contributed by atoms with Crippen molar-refractivity contribution < 1.29 is 19.1 Å². The first-order valence-electron chi connectivity index (χ1n) is 12.2. The number of nitrogens with zero attached hydrogens (tertiary/aromatic N) is 1.